The molecule has 0 saturated heterocycles. The lowest BCUT2D eigenvalue weighted by Crippen LogP contribution is -2.59. The number of amides is 3. The Morgan fingerprint density at radius 1 is 1.08 bits per heavy atom. The summed E-state index contributed by atoms with van der Waals surface area (Å²) < 4.78 is 0. The lowest BCUT2D eigenvalue weighted by atomic mass is 9.96. The predicted octanol–water partition coefficient (Wildman–Crippen LogP) is 2.96. The zero-order valence-corrected chi connectivity index (χ0v) is 14.7. The maximum absolute atomic E-state index is 12.6. The highest BCUT2D eigenvalue weighted by Gasteiger charge is 2.42. The highest BCUT2D eigenvalue weighted by molar-refractivity contribution is 5.91. The Hall–Kier alpha value is -2.04. The summed E-state index contributed by atoms with van der Waals surface area (Å²) in [7, 11) is 0. The van der Waals surface area contributed by atoms with E-state index in [0.29, 0.717) is 31.8 Å². The van der Waals surface area contributed by atoms with Gasteiger partial charge in [-0.15, -0.1) is 0 Å². The fourth-order valence-electron chi connectivity index (χ4n) is 3.07. The Morgan fingerprint density at radius 3 is 2.38 bits per heavy atom. The van der Waals surface area contributed by atoms with E-state index in [2.05, 4.69) is 29.8 Å². The number of hydrogen-bond acceptors (Lipinski definition) is 2. The van der Waals surface area contributed by atoms with E-state index in [0.717, 1.165) is 24.8 Å². The van der Waals surface area contributed by atoms with Crippen molar-refractivity contribution in [3.63, 3.8) is 0 Å². The zero-order chi connectivity index (χ0) is 17.4. The molecule has 1 fully saturated rings. The number of hydrogen-bond donors (Lipinski definition) is 3. The van der Waals surface area contributed by atoms with E-state index < -0.39 is 5.54 Å². The molecule has 0 unspecified atom stereocenters. The van der Waals surface area contributed by atoms with Crippen LogP contribution >= 0.6 is 0 Å². The molecule has 0 radical (unpaired) electrons. The number of carbonyl (C=O) groups is 2. The first-order chi connectivity index (χ1) is 11.5. The van der Waals surface area contributed by atoms with E-state index in [4.69, 9.17) is 0 Å². The fraction of sp³-hybridized carbons (Fsp3) is 0.579. The molecule has 0 atom stereocenters. The molecule has 1 aliphatic rings. The van der Waals surface area contributed by atoms with Gasteiger partial charge in [0.15, 0.2) is 0 Å². The van der Waals surface area contributed by atoms with Crippen LogP contribution in [0.1, 0.15) is 51.5 Å². The maximum Gasteiger partial charge on any atom is 0.315 e. The minimum atomic E-state index is -0.752. The molecule has 1 aromatic rings. The van der Waals surface area contributed by atoms with Gasteiger partial charge in [0.2, 0.25) is 5.91 Å². The molecule has 5 heteroatoms. The molecule has 24 heavy (non-hydrogen) atoms. The van der Waals surface area contributed by atoms with Crippen LogP contribution in [0.25, 0.3) is 0 Å². The molecule has 0 aliphatic heterocycles. The molecule has 3 N–H and O–H groups in total. The van der Waals surface area contributed by atoms with E-state index in [-0.39, 0.29) is 11.9 Å². The summed E-state index contributed by atoms with van der Waals surface area (Å²) in [6, 6.07) is 9.47. The lowest BCUT2D eigenvalue weighted by molar-refractivity contribution is -0.127. The normalized spacial score (nSPS) is 16.0. The van der Waals surface area contributed by atoms with Crippen molar-refractivity contribution < 1.29 is 9.59 Å². The van der Waals surface area contributed by atoms with Crippen LogP contribution in [-0.2, 0) is 11.3 Å². The summed E-state index contributed by atoms with van der Waals surface area (Å²) in [5, 5.41) is 8.78. The monoisotopic (exact) mass is 331 g/mol. The molecule has 0 spiro atoms. The predicted molar refractivity (Wildman–Crippen MR) is 95.5 cm³/mol. The van der Waals surface area contributed by atoms with E-state index in [9.17, 15) is 9.59 Å². The average molecular weight is 331 g/mol. The van der Waals surface area contributed by atoms with Crippen LogP contribution < -0.4 is 16.0 Å². The van der Waals surface area contributed by atoms with E-state index >= 15 is 0 Å². The van der Waals surface area contributed by atoms with Crippen LogP contribution in [0.3, 0.4) is 0 Å². The van der Waals surface area contributed by atoms with Gasteiger partial charge in [0, 0.05) is 13.1 Å². The molecule has 3 amide bonds. The second-order valence-electron chi connectivity index (χ2n) is 7.02. The third-order valence-electron chi connectivity index (χ3n) is 4.55. The van der Waals surface area contributed by atoms with E-state index in [1.54, 1.807) is 0 Å². The summed E-state index contributed by atoms with van der Waals surface area (Å²) >= 11 is 0. The molecular formula is C19H29N3O2. The standard InChI is InChI=1S/C19H29N3O2/c1-15(2)10-13-20-17(23)19(11-6-7-12-19)22-18(24)21-14-16-8-4-3-5-9-16/h3-5,8-9,15H,6-7,10-14H2,1-2H3,(H,20,23)(H2,21,22,24). The van der Waals surface area contributed by atoms with Crippen LogP contribution in [0, 0.1) is 5.92 Å². The van der Waals surface area contributed by atoms with Crippen LogP contribution in [0.5, 0.6) is 0 Å². The summed E-state index contributed by atoms with van der Waals surface area (Å²) in [6.45, 7) is 5.38. The Morgan fingerprint density at radius 2 is 1.75 bits per heavy atom. The minimum absolute atomic E-state index is 0.0458. The van der Waals surface area contributed by atoms with Crippen molar-refractivity contribution in [3.8, 4) is 0 Å². The third-order valence-corrected chi connectivity index (χ3v) is 4.55. The summed E-state index contributed by atoms with van der Waals surface area (Å²) in [5.74, 6) is 0.502. The molecule has 1 saturated carbocycles. The number of carbonyl (C=O) groups excluding carboxylic acids is 2. The number of urea groups is 1. The Labute approximate surface area is 144 Å². The van der Waals surface area contributed by atoms with Gasteiger partial charge in [0.05, 0.1) is 0 Å². The van der Waals surface area contributed by atoms with Crippen molar-refractivity contribution in [2.75, 3.05) is 6.54 Å². The quantitative estimate of drug-likeness (QED) is 0.719. The highest BCUT2D eigenvalue weighted by Crippen LogP contribution is 2.30. The maximum atomic E-state index is 12.6. The first-order valence-electron chi connectivity index (χ1n) is 8.90. The molecule has 5 nitrogen and oxygen atoms in total. The lowest BCUT2D eigenvalue weighted by Gasteiger charge is -2.29. The first-order valence-corrected chi connectivity index (χ1v) is 8.90. The topological polar surface area (TPSA) is 70.2 Å². The molecule has 1 aliphatic carbocycles. The van der Waals surface area contributed by atoms with Crippen LogP contribution in [0.2, 0.25) is 0 Å². The van der Waals surface area contributed by atoms with Crippen molar-refractivity contribution >= 4 is 11.9 Å². The van der Waals surface area contributed by atoms with Gasteiger partial charge in [-0.1, -0.05) is 57.0 Å². The number of nitrogens with one attached hydrogen (secondary N) is 3. The smallest absolute Gasteiger partial charge is 0.315 e. The van der Waals surface area contributed by atoms with Crippen LogP contribution in [-0.4, -0.2) is 24.0 Å². The Balaban J connectivity index is 1.87. The van der Waals surface area contributed by atoms with Gasteiger partial charge in [-0.25, -0.2) is 4.79 Å². The molecular weight excluding hydrogens is 302 g/mol. The molecule has 1 aromatic carbocycles. The largest absolute Gasteiger partial charge is 0.354 e. The third kappa shape index (κ3) is 5.25. The fourth-order valence-corrected chi connectivity index (χ4v) is 3.07. The molecule has 0 bridgehead atoms. The number of benzene rings is 1. The Kier molecular flexibility index (Phi) is 6.64. The van der Waals surface area contributed by atoms with Gasteiger partial charge in [0.25, 0.3) is 0 Å². The van der Waals surface area contributed by atoms with Crippen molar-refractivity contribution in [1.82, 2.24) is 16.0 Å². The first kappa shape index (κ1) is 18.3. The average Bonchev–Trinajstić information content (AvgIpc) is 3.03. The summed E-state index contributed by atoms with van der Waals surface area (Å²) in [4.78, 5) is 24.9. The van der Waals surface area contributed by atoms with E-state index in [1.807, 2.05) is 30.3 Å². The van der Waals surface area contributed by atoms with Gasteiger partial charge in [0.1, 0.15) is 5.54 Å². The summed E-state index contributed by atoms with van der Waals surface area (Å²) in [6.07, 6.45) is 4.30. The molecule has 132 valence electrons. The van der Waals surface area contributed by atoms with Crippen molar-refractivity contribution in [3.05, 3.63) is 35.9 Å². The van der Waals surface area contributed by atoms with Crippen LogP contribution in [0.4, 0.5) is 4.79 Å². The highest BCUT2D eigenvalue weighted by atomic mass is 16.2. The van der Waals surface area contributed by atoms with E-state index in [1.165, 1.54) is 0 Å². The molecule has 2 rings (SSSR count). The summed E-state index contributed by atoms with van der Waals surface area (Å²) in [5.41, 5.74) is 0.284. The van der Waals surface area contributed by atoms with Gasteiger partial charge in [-0.3, -0.25) is 4.79 Å². The zero-order valence-electron chi connectivity index (χ0n) is 14.7. The van der Waals surface area contributed by atoms with Gasteiger partial charge in [-0.2, -0.15) is 0 Å². The van der Waals surface area contributed by atoms with Gasteiger partial charge < -0.3 is 16.0 Å². The minimum Gasteiger partial charge on any atom is -0.354 e. The second-order valence-corrected chi connectivity index (χ2v) is 7.02. The second kappa shape index (κ2) is 8.71. The SMILES string of the molecule is CC(C)CCNC(=O)C1(NC(=O)NCc2ccccc2)CCCC1. The number of rotatable bonds is 7. The van der Waals surface area contributed by atoms with Gasteiger partial charge in [-0.05, 0) is 30.7 Å². The van der Waals surface area contributed by atoms with Crippen LogP contribution in [0.15, 0.2) is 30.3 Å². The Bertz CT molecular complexity index is 537. The van der Waals surface area contributed by atoms with Crippen molar-refractivity contribution in [1.29, 1.82) is 0 Å². The molecule has 0 heterocycles. The van der Waals surface area contributed by atoms with Crippen molar-refractivity contribution in [2.45, 2.75) is 58.0 Å². The molecule has 0 aromatic heterocycles. The van der Waals surface area contributed by atoms with Gasteiger partial charge >= 0.3 is 6.03 Å². The van der Waals surface area contributed by atoms with Crippen molar-refractivity contribution in [2.24, 2.45) is 5.92 Å².